The minimum Gasteiger partial charge on any atom is -0.463 e. The van der Waals surface area contributed by atoms with Gasteiger partial charge in [0.25, 0.3) is 0 Å². The van der Waals surface area contributed by atoms with Crippen molar-refractivity contribution in [3.63, 3.8) is 0 Å². The molecule has 0 fully saturated rings. The average molecular weight is 470 g/mol. The molecule has 0 saturated heterocycles. The summed E-state index contributed by atoms with van der Waals surface area (Å²) < 4.78 is 26.2. The van der Waals surface area contributed by atoms with Crippen molar-refractivity contribution in [3.05, 3.63) is 12.4 Å². The van der Waals surface area contributed by atoms with Crippen molar-refractivity contribution in [2.75, 3.05) is 24.8 Å². The molecule has 2 rings (SSSR count). The van der Waals surface area contributed by atoms with Crippen LogP contribution in [-0.2, 0) is 30.4 Å². The van der Waals surface area contributed by atoms with Crippen LogP contribution < -0.4 is 5.32 Å². The van der Waals surface area contributed by atoms with E-state index in [1.165, 1.54) is 20.4 Å². The summed E-state index contributed by atoms with van der Waals surface area (Å²) in [5.41, 5.74) is 0.493. The van der Waals surface area contributed by atoms with Gasteiger partial charge >= 0.3 is 12.0 Å². The first-order valence-electron chi connectivity index (χ1n) is 10.2. The highest BCUT2D eigenvalue weighted by Gasteiger charge is 2.18. The Balaban J connectivity index is 2.01. The molecular formula is C20H28FN5O5S. The fourth-order valence-electron chi connectivity index (χ4n) is 2.71. The number of hydrogen-bond donors (Lipinski definition) is 1. The van der Waals surface area contributed by atoms with Gasteiger partial charge in [-0.05, 0) is 12.8 Å². The highest BCUT2D eigenvalue weighted by Crippen LogP contribution is 2.20. The van der Waals surface area contributed by atoms with Crippen molar-refractivity contribution in [2.24, 2.45) is 5.92 Å². The van der Waals surface area contributed by atoms with Gasteiger partial charge in [0.1, 0.15) is 6.61 Å². The number of ether oxygens (including phenoxy) is 2. The molecule has 0 spiro atoms. The van der Waals surface area contributed by atoms with E-state index in [9.17, 15) is 18.8 Å². The second-order valence-electron chi connectivity index (χ2n) is 7.37. The molecular weight excluding hydrogens is 441 g/mol. The molecule has 12 heteroatoms. The van der Waals surface area contributed by atoms with Crippen LogP contribution in [0.4, 0.5) is 10.2 Å². The molecule has 1 unspecified atom stereocenters. The largest absolute Gasteiger partial charge is 0.463 e. The van der Waals surface area contributed by atoms with Gasteiger partial charge < -0.3 is 19.4 Å². The van der Waals surface area contributed by atoms with E-state index in [1.807, 2.05) is 0 Å². The molecule has 0 bridgehead atoms. The van der Waals surface area contributed by atoms with Gasteiger partial charge in [0.05, 0.1) is 18.3 Å². The topological polar surface area (TPSA) is 125 Å². The number of anilines is 1. The highest BCUT2D eigenvalue weighted by molar-refractivity contribution is 8.13. The molecule has 0 aliphatic rings. The lowest BCUT2D eigenvalue weighted by Crippen LogP contribution is -2.24. The number of hydrogen-bond acceptors (Lipinski definition) is 9. The normalized spacial score (nSPS) is 12.2. The maximum Gasteiger partial charge on any atom is 0.312 e. The standard InChI is InChI=1S/C20H28FN5O5S/c1-12(2)19(29)31-10-14(30-4)7-8-26-11-22-16-17(24-20(21)25-18(16)26)23-15(28)6-5-9-32-13(3)27/h11-12,14H,5-10H2,1-4H3,(H,23,24,25,28). The molecule has 32 heavy (non-hydrogen) atoms. The third-order valence-electron chi connectivity index (χ3n) is 4.46. The van der Waals surface area contributed by atoms with Gasteiger partial charge in [0, 0.05) is 32.8 Å². The average Bonchev–Trinajstić information content (AvgIpc) is 3.13. The monoisotopic (exact) mass is 469 g/mol. The molecule has 0 radical (unpaired) electrons. The summed E-state index contributed by atoms with van der Waals surface area (Å²) in [6, 6.07) is 0. The number of thioether (sulfide) groups is 1. The van der Waals surface area contributed by atoms with Gasteiger partial charge in [0.2, 0.25) is 5.91 Å². The maximum absolute atomic E-state index is 14.0. The van der Waals surface area contributed by atoms with Crippen molar-refractivity contribution >= 4 is 45.7 Å². The molecule has 0 aliphatic heterocycles. The quantitative estimate of drug-likeness (QED) is 0.283. The Morgan fingerprint density at radius 2 is 2.03 bits per heavy atom. The van der Waals surface area contributed by atoms with E-state index in [0.717, 1.165) is 11.8 Å². The minimum atomic E-state index is -0.990. The number of rotatable bonds is 12. The van der Waals surface area contributed by atoms with Crippen LogP contribution in [0.5, 0.6) is 0 Å². The van der Waals surface area contributed by atoms with Crippen LogP contribution in [0.15, 0.2) is 6.33 Å². The molecule has 1 amide bonds. The van der Waals surface area contributed by atoms with Crippen LogP contribution >= 0.6 is 11.8 Å². The van der Waals surface area contributed by atoms with E-state index < -0.39 is 6.08 Å². The van der Waals surface area contributed by atoms with Crippen LogP contribution in [0.2, 0.25) is 0 Å². The zero-order chi connectivity index (χ0) is 23.7. The fourth-order valence-corrected chi connectivity index (χ4v) is 3.28. The third kappa shape index (κ3) is 7.83. The minimum absolute atomic E-state index is 0.00961. The smallest absolute Gasteiger partial charge is 0.312 e. The number of nitrogens with one attached hydrogen (secondary N) is 1. The summed E-state index contributed by atoms with van der Waals surface area (Å²) in [4.78, 5) is 46.4. The van der Waals surface area contributed by atoms with Gasteiger partial charge in [-0.25, -0.2) is 4.98 Å². The summed E-state index contributed by atoms with van der Waals surface area (Å²) in [6.07, 6.45) is 1.27. The van der Waals surface area contributed by atoms with Gasteiger partial charge in [0.15, 0.2) is 22.1 Å². The number of carbonyl (C=O) groups excluding carboxylic acids is 3. The first-order chi connectivity index (χ1) is 15.2. The molecule has 2 heterocycles. The van der Waals surface area contributed by atoms with E-state index in [0.29, 0.717) is 25.1 Å². The predicted molar refractivity (Wildman–Crippen MR) is 117 cm³/mol. The number of methoxy groups -OCH3 is 1. The molecule has 2 aromatic heterocycles. The molecule has 1 N–H and O–H groups in total. The van der Waals surface area contributed by atoms with E-state index in [4.69, 9.17) is 9.47 Å². The van der Waals surface area contributed by atoms with Crippen LogP contribution in [-0.4, -0.2) is 62.1 Å². The zero-order valence-electron chi connectivity index (χ0n) is 18.6. The summed E-state index contributed by atoms with van der Waals surface area (Å²) in [6.45, 7) is 5.44. The summed E-state index contributed by atoms with van der Waals surface area (Å²) in [7, 11) is 1.52. The summed E-state index contributed by atoms with van der Waals surface area (Å²) >= 11 is 1.15. The Morgan fingerprint density at radius 1 is 1.28 bits per heavy atom. The summed E-state index contributed by atoms with van der Waals surface area (Å²) in [5, 5.41) is 2.55. The van der Waals surface area contributed by atoms with Gasteiger partial charge in [-0.1, -0.05) is 25.6 Å². The molecule has 1 atom stereocenters. The van der Waals surface area contributed by atoms with Gasteiger partial charge in [-0.3, -0.25) is 14.4 Å². The van der Waals surface area contributed by atoms with Crippen molar-refractivity contribution in [1.29, 1.82) is 0 Å². The lowest BCUT2D eigenvalue weighted by molar-refractivity contribution is -0.151. The number of amides is 1. The van der Waals surface area contributed by atoms with Crippen LogP contribution in [0.25, 0.3) is 11.2 Å². The van der Waals surface area contributed by atoms with E-state index >= 15 is 0 Å². The maximum atomic E-state index is 14.0. The fraction of sp³-hybridized carbons (Fsp3) is 0.600. The Labute approximate surface area is 189 Å². The number of fused-ring (bicyclic) bond motifs is 1. The number of esters is 1. The van der Waals surface area contributed by atoms with Crippen LogP contribution in [0.3, 0.4) is 0 Å². The lowest BCUT2D eigenvalue weighted by Gasteiger charge is -2.16. The number of carbonyl (C=O) groups is 3. The molecule has 2 aromatic rings. The molecule has 176 valence electrons. The van der Waals surface area contributed by atoms with Crippen molar-refractivity contribution in [3.8, 4) is 0 Å². The number of nitrogens with zero attached hydrogens (tertiary/aromatic N) is 4. The lowest BCUT2D eigenvalue weighted by atomic mass is 10.2. The summed E-state index contributed by atoms with van der Waals surface area (Å²) in [5.74, 6) is -0.376. The number of aromatic nitrogens is 4. The number of imidazole rings is 1. The highest BCUT2D eigenvalue weighted by atomic mass is 32.2. The molecule has 0 aromatic carbocycles. The van der Waals surface area contributed by atoms with Crippen molar-refractivity contribution < 1.29 is 28.2 Å². The van der Waals surface area contributed by atoms with Crippen molar-refractivity contribution in [2.45, 2.75) is 52.7 Å². The third-order valence-corrected chi connectivity index (χ3v) is 5.36. The number of halogens is 1. The second kappa shape index (κ2) is 12.4. The van der Waals surface area contributed by atoms with Crippen molar-refractivity contribution in [1.82, 2.24) is 19.5 Å². The Hall–Kier alpha value is -2.60. The van der Waals surface area contributed by atoms with E-state index in [2.05, 4.69) is 20.3 Å². The number of aryl methyl sites for hydroxylation is 1. The van der Waals surface area contributed by atoms with Crippen LogP contribution in [0.1, 0.15) is 40.0 Å². The van der Waals surface area contributed by atoms with Gasteiger partial charge in [-0.2, -0.15) is 14.4 Å². The second-order valence-corrected chi connectivity index (χ2v) is 8.65. The zero-order valence-corrected chi connectivity index (χ0v) is 19.4. The molecule has 0 saturated carbocycles. The SMILES string of the molecule is COC(CCn1cnc2c(NC(=O)CCCSC(C)=O)nc(F)nc21)COC(=O)C(C)C. The Kier molecular flexibility index (Phi) is 9.97. The Morgan fingerprint density at radius 3 is 2.69 bits per heavy atom. The molecule has 0 aliphatic carbocycles. The predicted octanol–water partition coefficient (Wildman–Crippen LogP) is 2.57. The van der Waals surface area contributed by atoms with Crippen LogP contribution in [0, 0.1) is 12.0 Å². The van der Waals surface area contributed by atoms with E-state index in [1.54, 1.807) is 18.4 Å². The first kappa shape index (κ1) is 25.7. The first-order valence-corrected chi connectivity index (χ1v) is 11.2. The van der Waals surface area contributed by atoms with E-state index in [-0.39, 0.29) is 59.0 Å². The Bertz CT molecular complexity index is 952. The van der Waals surface area contributed by atoms with Gasteiger partial charge in [-0.15, -0.1) is 0 Å². The molecule has 10 nitrogen and oxygen atoms in total.